The van der Waals surface area contributed by atoms with Gasteiger partial charge in [-0.1, -0.05) is 6.07 Å². The maximum atomic E-state index is 13.8. The van der Waals surface area contributed by atoms with Crippen LogP contribution < -0.4 is 5.32 Å². The van der Waals surface area contributed by atoms with Crippen LogP contribution in [0.2, 0.25) is 0 Å². The molecule has 0 aromatic heterocycles. The Morgan fingerprint density at radius 2 is 1.79 bits per heavy atom. The number of likely N-dealkylation sites (N-methyl/N-ethyl adjacent to an activating group) is 1. The lowest BCUT2D eigenvalue weighted by atomic mass is 9.87. The van der Waals surface area contributed by atoms with Crippen molar-refractivity contribution in [2.45, 2.75) is 25.3 Å². The number of hydrogen-bond acceptors (Lipinski definition) is 3. The summed E-state index contributed by atoms with van der Waals surface area (Å²) in [5, 5.41) is 2.69. The van der Waals surface area contributed by atoms with Crippen LogP contribution in [0.4, 0.5) is 13.6 Å². The lowest BCUT2D eigenvalue weighted by Gasteiger charge is -2.37. The molecule has 1 aromatic rings. The van der Waals surface area contributed by atoms with Gasteiger partial charge in [-0.2, -0.15) is 0 Å². The summed E-state index contributed by atoms with van der Waals surface area (Å²) >= 11 is 0. The lowest BCUT2D eigenvalue weighted by molar-refractivity contribution is -0.132. The van der Waals surface area contributed by atoms with Gasteiger partial charge in [-0.25, -0.2) is 13.6 Å². The fourth-order valence-electron chi connectivity index (χ4n) is 3.25. The Hall–Kier alpha value is -2.51. The van der Waals surface area contributed by atoms with Gasteiger partial charge in [-0.05, 0) is 31.9 Å². The van der Waals surface area contributed by atoms with Crippen LogP contribution in [-0.4, -0.2) is 52.8 Å². The third kappa shape index (κ3) is 2.42. The average Bonchev–Trinajstić information content (AvgIpc) is 2.77. The molecule has 0 atom stereocenters. The number of nitrogens with zero attached hydrogens (tertiary/aromatic N) is 2. The van der Waals surface area contributed by atoms with Crippen molar-refractivity contribution in [3.05, 3.63) is 35.4 Å². The van der Waals surface area contributed by atoms with E-state index in [-0.39, 0.29) is 38.4 Å². The summed E-state index contributed by atoms with van der Waals surface area (Å²) in [5.41, 5.74) is -1.61. The molecule has 4 amide bonds. The first-order chi connectivity index (χ1) is 11.4. The minimum absolute atomic E-state index is 0.135. The van der Waals surface area contributed by atoms with Crippen molar-refractivity contribution in [1.29, 1.82) is 0 Å². The van der Waals surface area contributed by atoms with E-state index in [0.29, 0.717) is 0 Å². The summed E-state index contributed by atoms with van der Waals surface area (Å²) in [4.78, 5) is 39.0. The van der Waals surface area contributed by atoms with Crippen LogP contribution in [0.25, 0.3) is 0 Å². The molecule has 0 unspecified atom stereocenters. The minimum atomic E-state index is -1.02. The molecule has 2 aliphatic rings. The standard InChI is InChI=1S/C16H17F2N3O3/c1-2-21-14(23)16(19-15(21)24)6-8-20(9-7-16)13(22)12-10(17)4-3-5-11(12)18/h3-5H,2,6-9H2,1H3,(H,19,24). The predicted octanol–water partition coefficient (Wildman–Crippen LogP) is 1.51. The number of rotatable bonds is 2. The van der Waals surface area contributed by atoms with Crippen LogP contribution in [0.3, 0.4) is 0 Å². The van der Waals surface area contributed by atoms with Gasteiger partial charge in [0.15, 0.2) is 0 Å². The first kappa shape index (κ1) is 16.4. The average molecular weight is 337 g/mol. The predicted molar refractivity (Wildman–Crippen MR) is 80.1 cm³/mol. The molecule has 0 bridgehead atoms. The maximum Gasteiger partial charge on any atom is 0.325 e. The molecule has 24 heavy (non-hydrogen) atoms. The van der Waals surface area contributed by atoms with Crippen LogP contribution in [0, 0.1) is 11.6 Å². The SMILES string of the molecule is CCN1C(=O)NC2(CCN(C(=O)c3c(F)cccc3F)CC2)C1=O. The Morgan fingerprint density at radius 3 is 2.29 bits per heavy atom. The highest BCUT2D eigenvalue weighted by Crippen LogP contribution is 2.30. The molecule has 2 fully saturated rings. The van der Waals surface area contributed by atoms with E-state index in [1.165, 1.54) is 11.0 Å². The third-order valence-electron chi connectivity index (χ3n) is 4.64. The highest BCUT2D eigenvalue weighted by atomic mass is 19.1. The second-order valence-electron chi connectivity index (χ2n) is 5.95. The summed E-state index contributed by atoms with van der Waals surface area (Å²) in [5.74, 6) is -2.88. The van der Waals surface area contributed by atoms with E-state index in [2.05, 4.69) is 5.32 Å². The zero-order valence-corrected chi connectivity index (χ0v) is 13.1. The Morgan fingerprint density at radius 1 is 1.21 bits per heavy atom. The quantitative estimate of drug-likeness (QED) is 0.832. The van der Waals surface area contributed by atoms with Gasteiger partial charge in [-0.3, -0.25) is 14.5 Å². The summed E-state index contributed by atoms with van der Waals surface area (Å²) in [7, 11) is 0. The number of piperidine rings is 1. The number of urea groups is 1. The highest BCUT2D eigenvalue weighted by molar-refractivity contribution is 6.07. The van der Waals surface area contributed by atoms with Crippen molar-refractivity contribution >= 4 is 17.8 Å². The largest absolute Gasteiger partial charge is 0.338 e. The monoisotopic (exact) mass is 337 g/mol. The molecule has 1 N–H and O–H groups in total. The fraction of sp³-hybridized carbons (Fsp3) is 0.438. The topological polar surface area (TPSA) is 69.7 Å². The van der Waals surface area contributed by atoms with Crippen LogP contribution in [0.1, 0.15) is 30.1 Å². The Balaban J connectivity index is 1.75. The number of hydrogen-bond donors (Lipinski definition) is 1. The molecule has 2 saturated heterocycles. The molecule has 6 nitrogen and oxygen atoms in total. The first-order valence-electron chi connectivity index (χ1n) is 7.77. The Labute approximate surface area is 137 Å². The number of amides is 4. The molecule has 3 rings (SSSR count). The van der Waals surface area contributed by atoms with Crippen LogP contribution >= 0.6 is 0 Å². The molecule has 0 radical (unpaired) electrons. The summed E-state index contributed by atoms with van der Waals surface area (Å²) in [6, 6.07) is 2.81. The summed E-state index contributed by atoms with van der Waals surface area (Å²) in [6.45, 7) is 2.25. The lowest BCUT2D eigenvalue weighted by Crippen LogP contribution is -2.56. The molecule has 1 aromatic carbocycles. The maximum absolute atomic E-state index is 13.8. The summed E-state index contributed by atoms with van der Waals surface area (Å²) < 4.78 is 27.5. The number of carbonyl (C=O) groups excluding carboxylic acids is 3. The van der Waals surface area contributed by atoms with Gasteiger partial charge in [-0.15, -0.1) is 0 Å². The molecule has 8 heteroatoms. The molecule has 2 heterocycles. The molecular formula is C16H17F2N3O3. The van der Waals surface area contributed by atoms with Crippen LogP contribution in [-0.2, 0) is 4.79 Å². The van der Waals surface area contributed by atoms with Crippen molar-refractivity contribution in [3.63, 3.8) is 0 Å². The van der Waals surface area contributed by atoms with Gasteiger partial charge in [0.05, 0.1) is 0 Å². The van der Waals surface area contributed by atoms with Crippen molar-refractivity contribution in [3.8, 4) is 0 Å². The Kier molecular flexibility index (Phi) is 3.98. The van der Waals surface area contributed by atoms with E-state index in [9.17, 15) is 23.2 Å². The van der Waals surface area contributed by atoms with E-state index in [1.54, 1.807) is 6.92 Å². The molecule has 0 saturated carbocycles. The van der Waals surface area contributed by atoms with Gasteiger partial charge in [0.2, 0.25) is 0 Å². The Bertz CT molecular complexity index is 694. The van der Waals surface area contributed by atoms with Crippen molar-refractivity contribution in [2.75, 3.05) is 19.6 Å². The number of imide groups is 1. The van der Waals surface area contributed by atoms with Crippen molar-refractivity contribution in [1.82, 2.24) is 15.1 Å². The van der Waals surface area contributed by atoms with Crippen LogP contribution in [0.15, 0.2) is 18.2 Å². The van der Waals surface area contributed by atoms with E-state index >= 15 is 0 Å². The van der Waals surface area contributed by atoms with E-state index in [1.807, 2.05) is 0 Å². The molecule has 0 aliphatic carbocycles. The molecule has 1 spiro atoms. The van der Waals surface area contributed by atoms with E-state index < -0.39 is 34.7 Å². The van der Waals surface area contributed by atoms with Crippen molar-refractivity contribution < 1.29 is 23.2 Å². The van der Waals surface area contributed by atoms with Gasteiger partial charge < -0.3 is 10.2 Å². The smallest absolute Gasteiger partial charge is 0.325 e. The number of benzene rings is 1. The number of nitrogens with one attached hydrogen (secondary N) is 1. The zero-order chi connectivity index (χ0) is 17.5. The van der Waals surface area contributed by atoms with Gasteiger partial charge in [0.25, 0.3) is 11.8 Å². The van der Waals surface area contributed by atoms with Crippen LogP contribution in [0.5, 0.6) is 0 Å². The summed E-state index contributed by atoms with van der Waals surface area (Å²) in [6.07, 6.45) is 0.436. The van der Waals surface area contributed by atoms with E-state index in [0.717, 1.165) is 17.0 Å². The second-order valence-corrected chi connectivity index (χ2v) is 5.95. The van der Waals surface area contributed by atoms with Gasteiger partial charge in [0.1, 0.15) is 22.7 Å². The second kappa shape index (κ2) is 5.85. The van der Waals surface area contributed by atoms with Crippen molar-refractivity contribution in [2.24, 2.45) is 0 Å². The molecular weight excluding hydrogens is 320 g/mol. The number of likely N-dealkylation sites (tertiary alicyclic amines) is 1. The number of halogens is 2. The number of carbonyl (C=O) groups is 3. The third-order valence-corrected chi connectivity index (χ3v) is 4.64. The first-order valence-corrected chi connectivity index (χ1v) is 7.77. The van der Waals surface area contributed by atoms with Gasteiger partial charge >= 0.3 is 6.03 Å². The zero-order valence-electron chi connectivity index (χ0n) is 13.1. The normalized spacial score (nSPS) is 19.8. The fourth-order valence-corrected chi connectivity index (χ4v) is 3.25. The molecule has 128 valence electrons. The highest BCUT2D eigenvalue weighted by Gasteiger charge is 2.52. The minimum Gasteiger partial charge on any atom is -0.338 e. The molecule has 2 aliphatic heterocycles. The van der Waals surface area contributed by atoms with E-state index in [4.69, 9.17) is 0 Å². The van der Waals surface area contributed by atoms with Gasteiger partial charge in [0, 0.05) is 19.6 Å².